The minimum Gasteiger partial charge on any atom is -0.479 e. The Hall–Kier alpha value is -2.28. The molecule has 7 heteroatoms. The molecule has 1 atom stereocenters. The highest BCUT2D eigenvalue weighted by Crippen LogP contribution is 2.19. The van der Waals surface area contributed by atoms with Crippen LogP contribution in [0.4, 0.5) is 0 Å². The molecule has 0 radical (unpaired) electrons. The van der Waals surface area contributed by atoms with Crippen molar-refractivity contribution < 1.29 is 14.7 Å². The van der Waals surface area contributed by atoms with Crippen molar-refractivity contribution in [3.8, 4) is 0 Å². The van der Waals surface area contributed by atoms with Crippen LogP contribution in [0.5, 0.6) is 0 Å². The molecule has 2 aromatic heterocycles. The van der Waals surface area contributed by atoms with Gasteiger partial charge in [-0.2, -0.15) is 0 Å². The molecule has 6 nitrogen and oxygen atoms in total. The first kappa shape index (κ1) is 13.2. The number of nitrogens with one attached hydrogen (secondary N) is 1. The molecule has 2 heterocycles. The van der Waals surface area contributed by atoms with Gasteiger partial charge in [-0.3, -0.25) is 9.78 Å². The van der Waals surface area contributed by atoms with E-state index in [-0.39, 0.29) is 5.69 Å². The third-order valence-electron chi connectivity index (χ3n) is 2.36. The van der Waals surface area contributed by atoms with Crippen molar-refractivity contribution in [1.82, 2.24) is 15.3 Å². The second-order valence-corrected chi connectivity index (χ2v) is 4.78. The number of carbonyl (C=O) groups excluding carboxylic acids is 1. The lowest BCUT2D eigenvalue weighted by Gasteiger charge is -2.12. The van der Waals surface area contributed by atoms with Crippen LogP contribution in [0.25, 0.3) is 0 Å². The summed E-state index contributed by atoms with van der Waals surface area (Å²) in [6.45, 7) is 1.75. The zero-order valence-corrected chi connectivity index (χ0v) is 10.8. The minimum atomic E-state index is -1.11. The lowest BCUT2D eigenvalue weighted by atomic mass is 10.2. The van der Waals surface area contributed by atoms with Crippen LogP contribution in [0, 0.1) is 6.92 Å². The number of aryl methyl sites for hydroxylation is 1. The van der Waals surface area contributed by atoms with Gasteiger partial charge < -0.3 is 10.4 Å². The highest BCUT2D eigenvalue weighted by molar-refractivity contribution is 7.10. The van der Waals surface area contributed by atoms with E-state index in [1.54, 1.807) is 24.4 Å². The number of hydrogen-bond donors (Lipinski definition) is 2. The molecule has 0 saturated carbocycles. The van der Waals surface area contributed by atoms with Gasteiger partial charge in [0.2, 0.25) is 0 Å². The molecule has 0 aromatic carbocycles. The zero-order chi connectivity index (χ0) is 13.8. The SMILES string of the molecule is Cc1cnc(C(=O)NC(C(=O)O)c2cccs2)cn1. The van der Waals surface area contributed by atoms with Crippen molar-refractivity contribution in [3.05, 3.63) is 46.2 Å². The topological polar surface area (TPSA) is 92.2 Å². The van der Waals surface area contributed by atoms with Gasteiger partial charge in [-0.25, -0.2) is 9.78 Å². The monoisotopic (exact) mass is 277 g/mol. The second kappa shape index (κ2) is 5.57. The Bertz CT molecular complexity index is 581. The van der Waals surface area contributed by atoms with E-state index in [9.17, 15) is 9.59 Å². The summed E-state index contributed by atoms with van der Waals surface area (Å²) in [5, 5.41) is 13.3. The Morgan fingerprint density at radius 3 is 2.68 bits per heavy atom. The molecule has 2 N–H and O–H groups in total. The molecule has 0 bridgehead atoms. The van der Waals surface area contributed by atoms with Crippen LogP contribution in [0.15, 0.2) is 29.9 Å². The number of carbonyl (C=O) groups is 2. The van der Waals surface area contributed by atoms with E-state index in [0.29, 0.717) is 10.6 Å². The maximum absolute atomic E-state index is 11.9. The average Bonchev–Trinajstić information content (AvgIpc) is 2.89. The molecule has 1 unspecified atom stereocenters. The van der Waals surface area contributed by atoms with Crippen molar-refractivity contribution in [2.24, 2.45) is 0 Å². The lowest BCUT2D eigenvalue weighted by molar-refractivity contribution is -0.139. The highest BCUT2D eigenvalue weighted by atomic mass is 32.1. The summed E-state index contributed by atoms with van der Waals surface area (Å²) in [6.07, 6.45) is 2.77. The van der Waals surface area contributed by atoms with E-state index in [0.717, 1.165) is 0 Å². The Labute approximate surface area is 113 Å². The smallest absolute Gasteiger partial charge is 0.331 e. The first-order valence-electron chi connectivity index (χ1n) is 5.43. The Morgan fingerprint density at radius 1 is 1.37 bits per heavy atom. The van der Waals surface area contributed by atoms with E-state index in [4.69, 9.17) is 5.11 Å². The summed E-state index contributed by atoms with van der Waals surface area (Å²) in [6, 6.07) is 2.31. The Morgan fingerprint density at radius 2 is 2.16 bits per heavy atom. The number of aromatic nitrogens is 2. The number of hydrogen-bond acceptors (Lipinski definition) is 5. The minimum absolute atomic E-state index is 0.0911. The van der Waals surface area contributed by atoms with Gasteiger partial charge in [-0.15, -0.1) is 11.3 Å². The highest BCUT2D eigenvalue weighted by Gasteiger charge is 2.24. The number of carboxylic acid groups (broad SMARTS) is 1. The Kier molecular flexibility index (Phi) is 3.86. The summed E-state index contributed by atoms with van der Waals surface area (Å²) in [5.74, 6) is -1.68. The second-order valence-electron chi connectivity index (χ2n) is 3.80. The quantitative estimate of drug-likeness (QED) is 0.881. The van der Waals surface area contributed by atoms with E-state index in [2.05, 4.69) is 15.3 Å². The van der Waals surface area contributed by atoms with Gasteiger partial charge in [-0.05, 0) is 18.4 Å². The first-order chi connectivity index (χ1) is 9.08. The summed E-state index contributed by atoms with van der Waals surface area (Å²) < 4.78 is 0. The summed E-state index contributed by atoms with van der Waals surface area (Å²) >= 11 is 1.27. The summed E-state index contributed by atoms with van der Waals surface area (Å²) in [5.41, 5.74) is 0.776. The van der Waals surface area contributed by atoms with Gasteiger partial charge in [0.1, 0.15) is 5.69 Å². The number of carboxylic acids is 1. The van der Waals surface area contributed by atoms with Gasteiger partial charge in [-0.1, -0.05) is 6.07 Å². The van der Waals surface area contributed by atoms with E-state index >= 15 is 0 Å². The van der Waals surface area contributed by atoms with Gasteiger partial charge in [0.15, 0.2) is 6.04 Å². The molecular formula is C12H11N3O3S. The maximum Gasteiger partial charge on any atom is 0.331 e. The van der Waals surface area contributed by atoms with Crippen LogP contribution in [0.1, 0.15) is 27.1 Å². The van der Waals surface area contributed by atoms with Gasteiger partial charge in [0.25, 0.3) is 5.91 Å². The fourth-order valence-electron chi connectivity index (χ4n) is 1.42. The molecule has 0 aliphatic heterocycles. The predicted octanol–water partition coefficient (Wildman–Crippen LogP) is 1.40. The summed E-state index contributed by atoms with van der Waals surface area (Å²) in [4.78, 5) is 31.5. The van der Waals surface area contributed by atoms with Crippen molar-refractivity contribution in [2.75, 3.05) is 0 Å². The van der Waals surface area contributed by atoms with Crippen LogP contribution in [0.2, 0.25) is 0 Å². The molecule has 0 aliphatic rings. The van der Waals surface area contributed by atoms with Crippen LogP contribution in [-0.4, -0.2) is 27.0 Å². The van der Waals surface area contributed by atoms with Crippen LogP contribution >= 0.6 is 11.3 Å². The normalized spacial score (nSPS) is 11.8. The number of rotatable bonds is 4. The molecule has 1 amide bonds. The third kappa shape index (κ3) is 3.14. The molecular weight excluding hydrogens is 266 g/mol. The molecule has 2 rings (SSSR count). The van der Waals surface area contributed by atoms with Crippen molar-refractivity contribution in [2.45, 2.75) is 13.0 Å². The largest absolute Gasteiger partial charge is 0.479 e. The van der Waals surface area contributed by atoms with E-state index in [1.807, 2.05) is 0 Å². The van der Waals surface area contributed by atoms with E-state index < -0.39 is 17.9 Å². The number of aliphatic carboxylic acids is 1. The zero-order valence-electron chi connectivity index (χ0n) is 10.0. The maximum atomic E-state index is 11.9. The lowest BCUT2D eigenvalue weighted by Crippen LogP contribution is -2.33. The van der Waals surface area contributed by atoms with Crippen molar-refractivity contribution in [1.29, 1.82) is 0 Å². The van der Waals surface area contributed by atoms with Gasteiger partial charge in [0, 0.05) is 11.1 Å². The summed E-state index contributed by atoms with van der Waals surface area (Å²) in [7, 11) is 0. The van der Waals surface area contributed by atoms with Gasteiger partial charge in [0.05, 0.1) is 11.9 Å². The molecule has 19 heavy (non-hydrogen) atoms. The number of amides is 1. The van der Waals surface area contributed by atoms with Gasteiger partial charge >= 0.3 is 5.97 Å². The fraction of sp³-hybridized carbons (Fsp3) is 0.167. The molecule has 0 fully saturated rings. The molecule has 0 spiro atoms. The molecule has 98 valence electrons. The van der Waals surface area contributed by atoms with Crippen molar-refractivity contribution in [3.63, 3.8) is 0 Å². The average molecular weight is 277 g/mol. The van der Waals surface area contributed by atoms with Crippen LogP contribution in [-0.2, 0) is 4.79 Å². The Balaban J connectivity index is 2.16. The molecule has 0 aliphatic carbocycles. The van der Waals surface area contributed by atoms with E-state index in [1.165, 1.54) is 23.7 Å². The number of nitrogens with zero attached hydrogens (tertiary/aromatic N) is 2. The standard InChI is InChI=1S/C12H11N3O3S/c1-7-5-14-8(6-13-7)11(16)15-10(12(17)18)9-3-2-4-19-9/h2-6,10H,1H3,(H,15,16)(H,17,18). The van der Waals surface area contributed by atoms with Crippen LogP contribution in [0.3, 0.4) is 0 Å². The first-order valence-corrected chi connectivity index (χ1v) is 6.31. The fourth-order valence-corrected chi connectivity index (χ4v) is 2.19. The predicted molar refractivity (Wildman–Crippen MR) is 68.9 cm³/mol. The molecule has 0 saturated heterocycles. The van der Waals surface area contributed by atoms with Crippen LogP contribution < -0.4 is 5.32 Å². The molecule has 2 aromatic rings. The third-order valence-corrected chi connectivity index (χ3v) is 3.30. The number of thiophene rings is 1. The van der Waals surface area contributed by atoms with Crippen molar-refractivity contribution >= 4 is 23.2 Å².